The molecule has 0 N–H and O–H groups in total. The van der Waals surface area contributed by atoms with Crippen LogP contribution >= 0.6 is 0 Å². The average molecular weight is 795 g/mol. The first-order valence-electron chi connectivity index (χ1n) is 22.3. The molecule has 0 heterocycles. The normalized spacial score (nSPS) is 15.7. The summed E-state index contributed by atoms with van der Waals surface area (Å²) in [6, 6.07) is 38.9. The third kappa shape index (κ3) is 16.7. The zero-order valence-electron chi connectivity index (χ0n) is 39.1. The third-order valence-corrected chi connectivity index (χ3v) is 10.9. The molecule has 0 spiro atoms. The first kappa shape index (κ1) is 48.9. The summed E-state index contributed by atoms with van der Waals surface area (Å²) in [6.45, 7) is 25.8. The van der Waals surface area contributed by atoms with Crippen LogP contribution in [0.5, 0.6) is 0 Å². The topological polar surface area (TPSA) is 0 Å². The van der Waals surface area contributed by atoms with E-state index < -0.39 is 0 Å². The molecule has 60 heavy (non-hydrogen) atoms. The Bertz CT molecular complexity index is 2190. The van der Waals surface area contributed by atoms with Gasteiger partial charge in [-0.15, -0.1) is 0 Å². The summed E-state index contributed by atoms with van der Waals surface area (Å²) in [5, 5.41) is 0. The molecule has 0 bridgehead atoms. The van der Waals surface area contributed by atoms with E-state index in [4.69, 9.17) is 0 Å². The fourth-order valence-electron chi connectivity index (χ4n) is 7.31. The van der Waals surface area contributed by atoms with Gasteiger partial charge >= 0.3 is 0 Å². The van der Waals surface area contributed by atoms with Crippen LogP contribution in [0.15, 0.2) is 181 Å². The van der Waals surface area contributed by atoms with Crippen LogP contribution in [0.3, 0.4) is 0 Å². The largest absolute Gasteiger partial charge is 0.0842 e. The molecule has 0 heteroatoms. The second kappa shape index (κ2) is 26.6. The van der Waals surface area contributed by atoms with E-state index in [1.807, 2.05) is 19.9 Å². The molecule has 3 aliphatic rings. The Morgan fingerprint density at radius 2 is 1.08 bits per heavy atom. The van der Waals surface area contributed by atoms with Crippen LogP contribution in [0.2, 0.25) is 0 Å². The number of hydrogen-bond donors (Lipinski definition) is 0. The smallest absolute Gasteiger partial charge is 0.00840 e. The van der Waals surface area contributed by atoms with Gasteiger partial charge in [-0.2, -0.15) is 0 Å². The van der Waals surface area contributed by atoms with Crippen molar-refractivity contribution in [3.05, 3.63) is 226 Å². The molecular weight excluding hydrogens is 721 g/mol. The number of allylic oxidation sites excluding steroid dienone is 12. The van der Waals surface area contributed by atoms with Crippen molar-refractivity contribution >= 4 is 0 Å². The van der Waals surface area contributed by atoms with Gasteiger partial charge in [0, 0.05) is 5.92 Å². The van der Waals surface area contributed by atoms with Gasteiger partial charge in [0.2, 0.25) is 0 Å². The Kier molecular flexibility index (Phi) is 21.7. The van der Waals surface area contributed by atoms with E-state index in [9.17, 15) is 0 Å². The summed E-state index contributed by atoms with van der Waals surface area (Å²) in [4.78, 5) is 0. The first-order chi connectivity index (χ1) is 28.9. The van der Waals surface area contributed by atoms with Gasteiger partial charge < -0.3 is 0 Å². The number of rotatable bonds is 3. The maximum atomic E-state index is 2.32. The number of benzene rings is 5. The van der Waals surface area contributed by atoms with Crippen molar-refractivity contribution in [1.29, 1.82) is 0 Å². The van der Waals surface area contributed by atoms with Crippen molar-refractivity contribution in [2.24, 2.45) is 5.92 Å². The lowest BCUT2D eigenvalue weighted by molar-refractivity contribution is 0.632. The van der Waals surface area contributed by atoms with Gasteiger partial charge in [-0.3, -0.25) is 0 Å². The van der Waals surface area contributed by atoms with Gasteiger partial charge in [0.25, 0.3) is 0 Å². The number of hydrogen-bond acceptors (Lipinski definition) is 0. The van der Waals surface area contributed by atoms with Gasteiger partial charge in [-0.25, -0.2) is 0 Å². The van der Waals surface area contributed by atoms with Gasteiger partial charge in [0.15, 0.2) is 0 Å². The Labute approximate surface area is 366 Å². The van der Waals surface area contributed by atoms with Crippen molar-refractivity contribution in [1.82, 2.24) is 0 Å². The van der Waals surface area contributed by atoms with Crippen LogP contribution in [0.4, 0.5) is 0 Å². The zero-order valence-corrected chi connectivity index (χ0v) is 39.1. The molecule has 5 aromatic carbocycles. The summed E-state index contributed by atoms with van der Waals surface area (Å²) < 4.78 is 0. The van der Waals surface area contributed by atoms with Crippen LogP contribution in [-0.2, 0) is 0 Å². The molecule has 2 atom stereocenters. The van der Waals surface area contributed by atoms with Crippen molar-refractivity contribution in [3.8, 4) is 22.3 Å². The molecule has 0 fully saturated rings. The van der Waals surface area contributed by atoms with E-state index in [1.54, 1.807) is 0 Å². The molecule has 0 saturated carbocycles. The Morgan fingerprint density at radius 1 is 0.483 bits per heavy atom. The minimum atomic E-state index is 0.551. The summed E-state index contributed by atoms with van der Waals surface area (Å²) in [5.41, 5.74) is 19.2. The van der Waals surface area contributed by atoms with Crippen LogP contribution < -0.4 is 0 Å². The molecule has 0 aromatic heterocycles. The van der Waals surface area contributed by atoms with Crippen molar-refractivity contribution in [2.75, 3.05) is 0 Å². The zero-order chi connectivity index (χ0) is 43.9. The minimum absolute atomic E-state index is 0.551. The monoisotopic (exact) mass is 795 g/mol. The highest BCUT2D eigenvalue weighted by molar-refractivity contribution is 5.74. The highest BCUT2D eigenvalue weighted by Gasteiger charge is 2.18. The fourth-order valence-corrected chi connectivity index (χ4v) is 7.31. The van der Waals surface area contributed by atoms with Gasteiger partial charge in [0.05, 0.1) is 0 Å². The van der Waals surface area contributed by atoms with Crippen molar-refractivity contribution < 1.29 is 0 Å². The summed E-state index contributed by atoms with van der Waals surface area (Å²) >= 11 is 0. The lowest BCUT2D eigenvalue weighted by Gasteiger charge is -2.23. The maximum absolute atomic E-state index is 2.32. The average Bonchev–Trinajstić information content (AvgIpc) is 3.26. The second-order valence-corrected chi connectivity index (χ2v) is 16.2. The Hall–Kier alpha value is -5.46. The highest BCUT2D eigenvalue weighted by atomic mass is 14.2. The van der Waals surface area contributed by atoms with Crippen LogP contribution in [0.1, 0.15) is 111 Å². The van der Waals surface area contributed by atoms with E-state index in [0.29, 0.717) is 11.8 Å². The summed E-state index contributed by atoms with van der Waals surface area (Å²) in [7, 11) is 0. The van der Waals surface area contributed by atoms with E-state index >= 15 is 0 Å². The second-order valence-electron chi connectivity index (χ2n) is 16.2. The van der Waals surface area contributed by atoms with E-state index in [-0.39, 0.29) is 0 Å². The highest BCUT2D eigenvalue weighted by Crippen LogP contribution is 2.33. The predicted octanol–water partition coefficient (Wildman–Crippen LogP) is 18.0. The first-order valence-corrected chi connectivity index (χ1v) is 22.3. The molecule has 3 aliphatic carbocycles. The quantitative estimate of drug-likeness (QED) is 0.171. The Balaban J connectivity index is 0.000000205. The molecule has 5 aromatic rings. The molecule has 2 unspecified atom stereocenters. The molecule has 0 amide bonds. The molecule has 314 valence electrons. The van der Waals surface area contributed by atoms with Crippen molar-refractivity contribution in [2.45, 2.75) is 115 Å². The van der Waals surface area contributed by atoms with E-state index in [0.717, 1.165) is 0 Å². The molecule has 0 aliphatic heterocycles. The predicted molar refractivity (Wildman–Crippen MR) is 269 cm³/mol. The summed E-state index contributed by atoms with van der Waals surface area (Å²) in [6.07, 6.45) is 27.0. The van der Waals surface area contributed by atoms with Gasteiger partial charge in [-0.05, 0) is 144 Å². The molecule has 8 rings (SSSR count). The van der Waals surface area contributed by atoms with Crippen molar-refractivity contribution in [3.63, 3.8) is 0 Å². The summed E-state index contributed by atoms with van der Waals surface area (Å²) in [5.74, 6) is 1.16. The van der Waals surface area contributed by atoms with Crippen LogP contribution in [0.25, 0.3) is 22.3 Å². The number of aryl methyl sites for hydroxylation is 7. The molecule has 0 nitrogen and oxygen atoms in total. The van der Waals surface area contributed by atoms with Crippen LogP contribution in [-0.4, -0.2) is 0 Å². The fraction of sp³-hybridized carbons (Fsp3) is 0.300. The minimum Gasteiger partial charge on any atom is -0.0842 e. The maximum Gasteiger partial charge on any atom is 0.00840 e. The standard InChI is InChI=1S/C16H18.C15H18.C13H12.2C7H10.C2H6/c1-11-8-9-12(2)15(10-11)16-13(3)6-5-7-14(16)4;1-11-8-9-13(3)15(10-11)14-7-5-4-6-12(14)2;1-11-7-9-13(10-8-11)12-5-3-2-4-6-12;2*1-7-5-3-2-4-6-7;1-2/h5-10H,1-4H3;4-10,12,14H,1-3H3;2-10H,1H3;3,5-6H,2,4H2,1H3;2-3,5H,4,6H2,1H3;1-2H3. The van der Waals surface area contributed by atoms with Crippen LogP contribution in [0, 0.1) is 54.4 Å². The van der Waals surface area contributed by atoms with E-state index in [1.165, 1.54) is 104 Å². The molecule has 0 radical (unpaired) electrons. The SMILES string of the molecule is CC.CC1=CC=CCC1.CC1=CCCC=C1.Cc1ccc(-c2ccccc2)cc1.Cc1ccc(C)c(-c2c(C)cccc2C)c1.Cc1ccc(C)c(C2C=CC=CC2C)c1. The van der Waals surface area contributed by atoms with Gasteiger partial charge in [-0.1, -0.05) is 219 Å². The Morgan fingerprint density at radius 3 is 1.62 bits per heavy atom. The third-order valence-electron chi connectivity index (χ3n) is 10.9. The van der Waals surface area contributed by atoms with Gasteiger partial charge in [0.1, 0.15) is 0 Å². The molecular formula is C60H74. The lowest BCUT2D eigenvalue weighted by atomic mass is 9.82. The lowest BCUT2D eigenvalue weighted by Crippen LogP contribution is -2.09. The van der Waals surface area contributed by atoms with E-state index in [2.05, 4.69) is 233 Å². The molecule has 0 saturated heterocycles.